The van der Waals surface area contributed by atoms with Crippen LogP contribution < -0.4 is 0 Å². The number of hydrogen-bond acceptors (Lipinski definition) is 4. The summed E-state index contributed by atoms with van der Waals surface area (Å²) in [7, 11) is 0. The first-order chi connectivity index (χ1) is 31.3. The van der Waals surface area contributed by atoms with Crippen LogP contribution in [0.15, 0.2) is 212 Å². The molecule has 4 heterocycles. The number of rotatable bonds is 6. The largest absolute Gasteiger partial charge is 0.308 e. The molecular formula is C57H35N5S. The molecule has 13 aromatic rings. The Kier molecular flexibility index (Phi) is 8.01. The minimum Gasteiger partial charge on any atom is -0.308 e. The summed E-state index contributed by atoms with van der Waals surface area (Å²) >= 11 is 1.88. The Morgan fingerprint density at radius 3 is 1.62 bits per heavy atom. The van der Waals surface area contributed by atoms with E-state index in [0.717, 1.165) is 38.7 Å². The molecule has 294 valence electrons. The van der Waals surface area contributed by atoms with Crippen LogP contribution in [0.4, 0.5) is 0 Å². The van der Waals surface area contributed by atoms with Crippen LogP contribution in [0.5, 0.6) is 0 Å². The van der Waals surface area contributed by atoms with Crippen LogP contribution >= 0.6 is 11.3 Å². The fourth-order valence-electron chi connectivity index (χ4n) is 9.57. The molecule has 0 aliphatic rings. The van der Waals surface area contributed by atoms with E-state index in [-0.39, 0.29) is 0 Å². The maximum absolute atomic E-state index is 5.22. The number of nitrogens with zero attached hydrogens (tertiary/aromatic N) is 5. The van der Waals surface area contributed by atoms with Gasteiger partial charge in [0, 0.05) is 54.7 Å². The monoisotopic (exact) mass is 821 g/mol. The number of thiophene rings is 1. The standard InChI is InChI=1S/C57H35N5S/c1-5-17-36(18-6-1)39-31-34-48-46(35-39)41-25-13-14-28-47(41)62(48)50-30-15-26-42-43-32-33-44-51-45(27-16-29-49(51)61(40-23-11-4-12-24-40)52(44)54(43)63-53(42)50)57-59-55(37-19-7-2-8-20-37)58-56(60-57)38-21-9-3-10-22-38/h1-35H. The molecule has 0 saturated heterocycles. The molecule has 13 rings (SSSR count). The average Bonchev–Trinajstić information content (AvgIpc) is 4.03. The maximum Gasteiger partial charge on any atom is 0.164 e. The normalized spacial score (nSPS) is 11.8. The minimum absolute atomic E-state index is 0.640. The summed E-state index contributed by atoms with van der Waals surface area (Å²) in [6.07, 6.45) is 0. The van der Waals surface area contributed by atoms with Crippen molar-refractivity contribution in [2.45, 2.75) is 0 Å². The van der Waals surface area contributed by atoms with Crippen LogP contribution in [0.2, 0.25) is 0 Å². The number of hydrogen-bond donors (Lipinski definition) is 0. The quantitative estimate of drug-likeness (QED) is 0.168. The molecule has 0 aliphatic heterocycles. The van der Waals surface area contributed by atoms with Crippen molar-refractivity contribution in [3.05, 3.63) is 212 Å². The lowest BCUT2D eigenvalue weighted by Crippen LogP contribution is -2.00. The van der Waals surface area contributed by atoms with Gasteiger partial charge in [-0.2, -0.15) is 0 Å². The second-order valence-electron chi connectivity index (χ2n) is 16.0. The highest BCUT2D eigenvalue weighted by Crippen LogP contribution is 2.47. The molecule has 9 aromatic carbocycles. The molecule has 63 heavy (non-hydrogen) atoms. The molecule has 0 fully saturated rings. The molecule has 0 radical (unpaired) electrons. The van der Waals surface area contributed by atoms with Gasteiger partial charge in [0.2, 0.25) is 0 Å². The van der Waals surface area contributed by atoms with Crippen LogP contribution in [0, 0.1) is 0 Å². The topological polar surface area (TPSA) is 48.5 Å². The van der Waals surface area contributed by atoms with Gasteiger partial charge in [-0.15, -0.1) is 11.3 Å². The Morgan fingerprint density at radius 2 is 0.889 bits per heavy atom. The Labute approximate surface area is 366 Å². The molecule has 0 unspecified atom stereocenters. The highest BCUT2D eigenvalue weighted by Gasteiger charge is 2.24. The number of aromatic nitrogens is 5. The second kappa shape index (κ2) is 14.2. The summed E-state index contributed by atoms with van der Waals surface area (Å²) in [5, 5.41) is 7.22. The Morgan fingerprint density at radius 1 is 0.333 bits per heavy atom. The van der Waals surface area contributed by atoms with Crippen molar-refractivity contribution in [3.8, 4) is 56.7 Å². The molecule has 6 heteroatoms. The van der Waals surface area contributed by atoms with E-state index in [2.05, 4.69) is 185 Å². The Balaban J connectivity index is 1.09. The third kappa shape index (κ3) is 5.59. The summed E-state index contributed by atoms with van der Waals surface area (Å²) < 4.78 is 7.39. The zero-order chi connectivity index (χ0) is 41.4. The summed E-state index contributed by atoms with van der Waals surface area (Å²) in [4.78, 5) is 15.4. The highest BCUT2D eigenvalue weighted by molar-refractivity contribution is 7.27. The molecule has 0 atom stereocenters. The first-order valence-electron chi connectivity index (χ1n) is 21.2. The zero-order valence-corrected chi connectivity index (χ0v) is 34.7. The fourth-order valence-corrected chi connectivity index (χ4v) is 10.9. The van der Waals surface area contributed by atoms with E-state index in [1.807, 2.05) is 47.7 Å². The predicted molar refractivity (Wildman–Crippen MR) is 263 cm³/mol. The lowest BCUT2D eigenvalue weighted by atomic mass is 10.0. The van der Waals surface area contributed by atoms with Gasteiger partial charge in [-0.25, -0.2) is 15.0 Å². The lowest BCUT2D eigenvalue weighted by molar-refractivity contribution is 1.08. The number of para-hydroxylation sites is 2. The van der Waals surface area contributed by atoms with Gasteiger partial charge in [-0.05, 0) is 53.6 Å². The molecule has 4 aromatic heterocycles. The van der Waals surface area contributed by atoms with Gasteiger partial charge in [0.05, 0.1) is 37.2 Å². The Hall–Kier alpha value is -8.19. The van der Waals surface area contributed by atoms with Gasteiger partial charge in [0.15, 0.2) is 17.5 Å². The maximum atomic E-state index is 5.22. The highest BCUT2D eigenvalue weighted by atomic mass is 32.1. The summed E-state index contributed by atoms with van der Waals surface area (Å²) in [5.74, 6) is 1.92. The molecule has 0 aliphatic carbocycles. The fraction of sp³-hybridized carbons (Fsp3) is 0. The molecule has 0 amide bonds. The van der Waals surface area contributed by atoms with Gasteiger partial charge >= 0.3 is 0 Å². The molecule has 0 saturated carbocycles. The van der Waals surface area contributed by atoms with Crippen LogP contribution in [0.25, 0.3) is 120 Å². The number of benzene rings is 9. The van der Waals surface area contributed by atoms with E-state index >= 15 is 0 Å². The van der Waals surface area contributed by atoms with E-state index in [4.69, 9.17) is 15.0 Å². The molecule has 0 N–H and O–H groups in total. The van der Waals surface area contributed by atoms with Crippen molar-refractivity contribution in [2.75, 3.05) is 0 Å². The summed E-state index contributed by atoms with van der Waals surface area (Å²) in [6.45, 7) is 0. The van der Waals surface area contributed by atoms with Crippen molar-refractivity contribution in [3.63, 3.8) is 0 Å². The predicted octanol–water partition coefficient (Wildman–Crippen LogP) is 15.1. The van der Waals surface area contributed by atoms with Crippen molar-refractivity contribution >= 4 is 75.1 Å². The first kappa shape index (κ1) is 35.6. The lowest BCUT2D eigenvalue weighted by Gasteiger charge is -2.10. The van der Waals surface area contributed by atoms with E-state index in [9.17, 15) is 0 Å². The minimum atomic E-state index is 0.640. The zero-order valence-electron chi connectivity index (χ0n) is 33.9. The number of fused-ring (bicyclic) bond motifs is 10. The van der Waals surface area contributed by atoms with Crippen LogP contribution in [-0.4, -0.2) is 24.1 Å². The Bertz CT molecular complexity index is 3830. The van der Waals surface area contributed by atoms with Gasteiger partial charge in [-0.1, -0.05) is 170 Å². The van der Waals surface area contributed by atoms with E-state index < -0.39 is 0 Å². The van der Waals surface area contributed by atoms with Crippen LogP contribution in [0.1, 0.15) is 0 Å². The van der Waals surface area contributed by atoms with Crippen molar-refractivity contribution in [1.29, 1.82) is 0 Å². The van der Waals surface area contributed by atoms with Crippen molar-refractivity contribution in [1.82, 2.24) is 24.1 Å². The van der Waals surface area contributed by atoms with Crippen molar-refractivity contribution < 1.29 is 0 Å². The first-order valence-corrected chi connectivity index (χ1v) is 22.0. The van der Waals surface area contributed by atoms with Crippen LogP contribution in [0.3, 0.4) is 0 Å². The smallest absolute Gasteiger partial charge is 0.164 e. The van der Waals surface area contributed by atoms with E-state index in [1.54, 1.807) is 0 Å². The van der Waals surface area contributed by atoms with E-state index in [0.29, 0.717) is 17.5 Å². The average molecular weight is 822 g/mol. The molecule has 0 bridgehead atoms. The van der Waals surface area contributed by atoms with Gasteiger partial charge < -0.3 is 9.13 Å². The second-order valence-corrected chi connectivity index (χ2v) is 17.0. The van der Waals surface area contributed by atoms with E-state index in [1.165, 1.54) is 64.3 Å². The van der Waals surface area contributed by atoms with Gasteiger partial charge in [0.1, 0.15) is 0 Å². The molecule has 0 spiro atoms. The van der Waals surface area contributed by atoms with Gasteiger partial charge in [-0.3, -0.25) is 0 Å². The molecule has 5 nitrogen and oxygen atoms in total. The summed E-state index contributed by atoms with van der Waals surface area (Å²) in [6, 6.07) is 75.4. The third-order valence-corrected chi connectivity index (χ3v) is 13.6. The third-order valence-electron chi connectivity index (χ3n) is 12.4. The SMILES string of the molecule is c1ccc(-c2ccc3c(c2)c2ccccc2n3-c2cccc3c2sc2c3ccc3c4c(-c5nc(-c6ccccc6)nc(-c6ccccc6)n5)cccc4n(-c4ccccc4)c32)cc1. The van der Waals surface area contributed by atoms with Crippen molar-refractivity contribution in [2.24, 2.45) is 0 Å². The summed E-state index contributed by atoms with van der Waals surface area (Å²) in [5.41, 5.74) is 12.2. The molecular weight excluding hydrogens is 787 g/mol. The van der Waals surface area contributed by atoms with Gasteiger partial charge in [0.25, 0.3) is 0 Å². The van der Waals surface area contributed by atoms with Crippen LogP contribution in [-0.2, 0) is 0 Å².